The molecule has 0 spiro atoms. The fraction of sp³-hybridized carbons (Fsp3) is 0.714. The number of aliphatic hydroxyl groups excluding tert-OH is 1. The first-order valence-corrected chi connectivity index (χ1v) is 10.5. The summed E-state index contributed by atoms with van der Waals surface area (Å²) in [6.07, 6.45) is 10.9. The second-order valence-electron chi connectivity index (χ2n) is 7.99. The highest BCUT2D eigenvalue weighted by atomic mass is 16.3. The number of likely N-dealkylation sites (tertiary alicyclic amines) is 2. The smallest absolute Gasteiger partial charge is 0.221 e. The van der Waals surface area contributed by atoms with Crippen LogP contribution in [0.25, 0.3) is 0 Å². The molecule has 1 aromatic rings. The largest absolute Gasteiger partial charge is 0.390 e. The molecule has 0 radical (unpaired) electrons. The predicted molar refractivity (Wildman–Crippen MR) is 106 cm³/mol. The molecule has 2 N–H and O–H groups in total. The molecule has 0 bridgehead atoms. The number of hydrogen-bond donors (Lipinski definition) is 2. The number of carbonyl (C=O) groups is 1. The number of β-amino-alcohol motifs (C(OH)–C–C–N with tert-alkyl or cyclic N) is 1. The van der Waals surface area contributed by atoms with E-state index < -0.39 is 6.10 Å². The third-order valence-electron chi connectivity index (χ3n) is 5.75. The second-order valence-corrected chi connectivity index (χ2v) is 7.99. The lowest BCUT2D eigenvalue weighted by atomic mass is 10.0. The van der Waals surface area contributed by atoms with Gasteiger partial charge in [0.25, 0.3) is 0 Å². The van der Waals surface area contributed by atoms with Gasteiger partial charge in [0.05, 0.1) is 12.1 Å². The van der Waals surface area contributed by atoms with Crippen LogP contribution in [0.3, 0.4) is 0 Å². The number of carbonyl (C=O) groups excluding carboxylic acids is 1. The number of nitrogens with zero attached hydrogens (tertiary/aromatic N) is 3. The number of pyridine rings is 1. The lowest BCUT2D eigenvalue weighted by molar-refractivity contribution is -0.123. The molecule has 0 unspecified atom stereocenters. The normalized spacial score (nSPS) is 25.5. The average molecular weight is 375 g/mol. The van der Waals surface area contributed by atoms with Gasteiger partial charge in [0.2, 0.25) is 5.91 Å². The Balaban J connectivity index is 1.37. The van der Waals surface area contributed by atoms with Crippen LogP contribution in [0.2, 0.25) is 0 Å². The summed E-state index contributed by atoms with van der Waals surface area (Å²) >= 11 is 0. The first-order chi connectivity index (χ1) is 13.2. The molecule has 3 rings (SSSR count). The van der Waals surface area contributed by atoms with E-state index in [4.69, 9.17) is 0 Å². The maximum absolute atomic E-state index is 12.4. The lowest BCUT2D eigenvalue weighted by Gasteiger charge is -2.36. The van der Waals surface area contributed by atoms with E-state index >= 15 is 0 Å². The molecule has 6 nitrogen and oxygen atoms in total. The fourth-order valence-electron chi connectivity index (χ4n) is 4.13. The van der Waals surface area contributed by atoms with Gasteiger partial charge in [-0.1, -0.05) is 25.3 Å². The lowest BCUT2D eigenvalue weighted by Crippen LogP contribution is -2.54. The summed E-state index contributed by atoms with van der Waals surface area (Å²) < 4.78 is 0. The van der Waals surface area contributed by atoms with Crippen LogP contribution in [-0.2, 0) is 11.3 Å². The SMILES string of the molecule is O=C(CCN1CCCCCCC1)N[C@@H]1CCN(Cc2cccnc2)C[C@H]1O. The van der Waals surface area contributed by atoms with Gasteiger partial charge < -0.3 is 15.3 Å². The highest BCUT2D eigenvalue weighted by Crippen LogP contribution is 2.15. The monoisotopic (exact) mass is 374 g/mol. The molecule has 1 amide bonds. The van der Waals surface area contributed by atoms with Crippen LogP contribution in [0, 0.1) is 0 Å². The number of aromatic nitrogens is 1. The maximum atomic E-state index is 12.4. The molecule has 6 heteroatoms. The van der Waals surface area contributed by atoms with Crippen molar-refractivity contribution in [1.29, 1.82) is 0 Å². The van der Waals surface area contributed by atoms with Crippen LogP contribution in [0.1, 0.15) is 50.5 Å². The van der Waals surface area contributed by atoms with Gasteiger partial charge in [0, 0.05) is 45.0 Å². The highest BCUT2D eigenvalue weighted by Gasteiger charge is 2.28. The van der Waals surface area contributed by atoms with E-state index in [1.807, 2.05) is 12.3 Å². The Hall–Kier alpha value is -1.50. The predicted octanol–water partition coefficient (Wildman–Crippen LogP) is 1.79. The molecular weight excluding hydrogens is 340 g/mol. The van der Waals surface area contributed by atoms with Crippen molar-refractivity contribution in [3.05, 3.63) is 30.1 Å². The Labute approximate surface area is 163 Å². The summed E-state index contributed by atoms with van der Waals surface area (Å²) in [5.74, 6) is 0.0711. The third kappa shape index (κ3) is 6.87. The summed E-state index contributed by atoms with van der Waals surface area (Å²) in [5.41, 5.74) is 1.15. The van der Waals surface area contributed by atoms with Crippen LogP contribution in [0.15, 0.2) is 24.5 Å². The third-order valence-corrected chi connectivity index (χ3v) is 5.75. The second kappa shape index (κ2) is 10.7. The summed E-state index contributed by atoms with van der Waals surface area (Å²) in [4.78, 5) is 21.1. The maximum Gasteiger partial charge on any atom is 0.221 e. The first-order valence-electron chi connectivity index (χ1n) is 10.5. The Morgan fingerprint density at radius 3 is 2.63 bits per heavy atom. The Morgan fingerprint density at radius 2 is 1.93 bits per heavy atom. The van der Waals surface area contributed by atoms with E-state index in [0.717, 1.165) is 44.7 Å². The van der Waals surface area contributed by atoms with E-state index in [-0.39, 0.29) is 11.9 Å². The number of rotatable bonds is 6. The molecule has 0 saturated carbocycles. The number of hydrogen-bond acceptors (Lipinski definition) is 5. The van der Waals surface area contributed by atoms with Crippen molar-refractivity contribution in [2.24, 2.45) is 0 Å². The van der Waals surface area contributed by atoms with Crippen LogP contribution in [-0.4, -0.2) is 70.7 Å². The molecule has 2 atom stereocenters. The van der Waals surface area contributed by atoms with Crippen LogP contribution < -0.4 is 5.32 Å². The van der Waals surface area contributed by atoms with Gasteiger partial charge in [-0.05, 0) is 44.0 Å². The van der Waals surface area contributed by atoms with E-state index in [2.05, 4.69) is 26.2 Å². The van der Waals surface area contributed by atoms with Crippen LogP contribution >= 0.6 is 0 Å². The van der Waals surface area contributed by atoms with Crippen molar-refractivity contribution in [1.82, 2.24) is 20.1 Å². The van der Waals surface area contributed by atoms with Crippen molar-refractivity contribution in [3.8, 4) is 0 Å². The fourth-order valence-corrected chi connectivity index (χ4v) is 4.13. The molecule has 150 valence electrons. The number of amides is 1. The Kier molecular flexibility index (Phi) is 8.05. The quantitative estimate of drug-likeness (QED) is 0.795. The van der Waals surface area contributed by atoms with Gasteiger partial charge in [0.1, 0.15) is 0 Å². The molecule has 0 aliphatic carbocycles. The van der Waals surface area contributed by atoms with Crippen molar-refractivity contribution in [2.75, 3.05) is 32.7 Å². The molecule has 27 heavy (non-hydrogen) atoms. The van der Waals surface area contributed by atoms with E-state index in [0.29, 0.717) is 13.0 Å². The number of piperidine rings is 1. The van der Waals surface area contributed by atoms with Gasteiger partial charge in [-0.2, -0.15) is 0 Å². The van der Waals surface area contributed by atoms with Crippen molar-refractivity contribution >= 4 is 5.91 Å². The Bertz CT molecular complexity index is 561. The van der Waals surface area contributed by atoms with E-state index in [9.17, 15) is 9.90 Å². The van der Waals surface area contributed by atoms with Gasteiger partial charge in [-0.25, -0.2) is 0 Å². The summed E-state index contributed by atoms with van der Waals surface area (Å²) in [6.45, 7) is 5.32. The summed E-state index contributed by atoms with van der Waals surface area (Å²) in [5, 5.41) is 13.5. The topological polar surface area (TPSA) is 68.7 Å². The van der Waals surface area contributed by atoms with Gasteiger partial charge >= 0.3 is 0 Å². The van der Waals surface area contributed by atoms with Gasteiger partial charge in [-0.3, -0.25) is 14.7 Å². The van der Waals surface area contributed by atoms with Crippen molar-refractivity contribution in [3.63, 3.8) is 0 Å². The zero-order chi connectivity index (χ0) is 18.9. The molecular formula is C21H34N4O2. The summed E-state index contributed by atoms with van der Waals surface area (Å²) in [6, 6.07) is 3.86. The molecule has 2 aliphatic rings. The molecule has 1 aromatic heterocycles. The zero-order valence-electron chi connectivity index (χ0n) is 16.4. The minimum atomic E-state index is -0.513. The standard InChI is InChI=1S/C21H34N4O2/c26-20-17-25(16-18-7-6-10-22-15-18)13-8-19(20)23-21(27)9-14-24-11-4-2-1-3-5-12-24/h6-7,10,15,19-20,26H,1-5,8-9,11-14,16-17H2,(H,23,27)/t19-,20-/m1/s1. The minimum absolute atomic E-state index is 0.0711. The number of aliphatic hydroxyl groups is 1. The number of nitrogens with one attached hydrogen (secondary N) is 1. The highest BCUT2D eigenvalue weighted by molar-refractivity contribution is 5.76. The minimum Gasteiger partial charge on any atom is -0.390 e. The van der Waals surface area contributed by atoms with E-state index in [1.54, 1.807) is 6.20 Å². The molecule has 3 heterocycles. The molecule has 0 aromatic carbocycles. The first kappa shape index (κ1) is 20.2. The van der Waals surface area contributed by atoms with Crippen molar-refractivity contribution in [2.45, 2.75) is 63.6 Å². The van der Waals surface area contributed by atoms with Gasteiger partial charge in [0.15, 0.2) is 0 Å². The van der Waals surface area contributed by atoms with E-state index in [1.165, 1.54) is 32.1 Å². The average Bonchev–Trinajstić information content (AvgIpc) is 2.64. The van der Waals surface area contributed by atoms with Crippen LogP contribution in [0.5, 0.6) is 0 Å². The summed E-state index contributed by atoms with van der Waals surface area (Å²) in [7, 11) is 0. The Morgan fingerprint density at radius 1 is 1.15 bits per heavy atom. The zero-order valence-corrected chi connectivity index (χ0v) is 16.4. The van der Waals surface area contributed by atoms with Crippen molar-refractivity contribution < 1.29 is 9.90 Å². The van der Waals surface area contributed by atoms with Gasteiger partial charge in [-0.15, -0.1) is 0 Å². The van der Waals surface area contributed by atoms with Crippen LogP contribution in [0.4, 0.5) is 0 Å². The molecule has 2 saturated heterocycles. The molecule has 2 fully saturated rings. The molecule has 2 aliphatic heterocycles.